The number of hydrogen-bond acceptors (Lipinski definition) is 4. The predicted octanol–water partition coefficient (Wildman–Crippen LogP) is 2.13. The number of aromatic nitrogens is 4. The van der Waals surface area contributed by atoms with Crippen molar-refractivity contribution in [1.82, 2.24) is 24.8 Å². The molecule has 0 unspecified atom stereocenters. The SMILES string of the molecule is c1cnc(Cn2cc(CNC3CC3)c3cccnc32)nc1. The lowest BCUT2D eigenvalue weighted by atomic mass is 10.2. The van der Waals surface area contributed by atoms with E-state index in [1.165, 1.54) is 23.8 Å². The molecule has 1 aliphatic carbocycles. The summed E-state index contributed by atoms with van der Waals surface area (Å²) in [5.41, 5.74) is 2.29. The van der Waals surface area contributed by atoms with E-state index in [1.807, 2.05) is 18.3 Å². The Morgan fingerprint density at radius 1 is 1.10 bits per heavy atom. The van der Waals surface area contributed by atoms with E-state index in [0.717, 1.165) is 18.0 Å². The molecule has 0 atom stereocenters. The first-order valence-electron chi connectivity index (χ1n) is 7.32. The van der Waals surface area contributed by atoms with Gasteiger partial charge in [0, 0.05) is 42.8 Å². The van der Waals surface area contributed by atoms with Crippen LogP contribution in [0, 0.1) is 0 Å². The highest BCUT2D eigenvalue weighted by Gasteiger charge is 2.21. The molecule has 0 spiro atoms. The van der Waals surface area contributed by atoms with Crippen LogP contribution in [0.25, 0.3) is 11.0 Å². The fourth-order valence-electron chi connectivity index (χ4n) is 2.56. The van der Waals surface area contributed by atoms with Crippen LogP contribution in [-0.4, -0.2) is 25.6 Å². The Morgan fingerprint density at radius 3 is 2.71 bits per heavy atom. The second-order valence-electron chi connectivity index (χ2n) is 5.48. The van der Waals surface area contributed by atoms with Crippen LogP contribution < -0.4 is 5.32 Å². The third kappa shape index (κ3) is 2.64. The molecule has 0 amide bonds. The van der Waals surface area contributed by atoms with Crippen LogP contribution in [0.1, 0.15) is 24.2 Å². The van der Waals surface area contributed by atoms with Gasteiger partial charge in [-0.3, -0.25) is 0 Å². The van der Waals surface area contributed by atoms with Gasteiger partial charge in [0.1, 0.15) is 11.5 Å². The van der Waals surface area contributed by atoms with E-state index in [2.05, 4.69) is 37.1 Å². The van der Waals surface area contributed by atoms with Crippen LogP contribution in [0.2, 0.25) is 0 Å². The summed E-state index contributed by atoms with van der Waals surface area (Å²) in [6.07, 6.45) is 10.2. The van der Waals surface area contributed by atoms with Crippen LogP contribution >= 0.6 is 0 Å². The number of rotatable bonds is 5. The summed E-state index contributed by atoms with van der Waals surface area (Å²) in [6.45, 7) is 1.55. The van der Waals surface area contributed by atoms with Crippen LogP contribution in [-0.2, 0) is 13.1 Å². The molecule has 3 heterocycles. The van der Waals surface area contributed by atoms with Crippen molar-refractivity contribution in [2.45, 2.75) is 32.0 Å². The highest BCUT2D eigenvalue weighted by atomic mass is 15.1. The molecule has 0 aliphatic heterocycles. The third-order valence-corrected chi connectivity index (χ3v) is 3.81. The maximum absolute atomic E-state index is 4.52. The fourth-order valence-corrected chi connectivity index (χ4v) is 2.56. The molecule has 106 valence electrons. The predicted molar refractivity (Wildman–Crippen MR) is 80.7 cm³/mol. The minimum absolute atomic E-state index is 0.651. The van der Waals surface area contributed by atoms with Gasteiger partial charge in [0.15, 0.2) is 0 Å². The lowest BCUT2D eigenvalue weighted by Crippen LogP contribution is -2.15. The average Bonchev–Trinajstić information content (AvgIpc) is 3.30. The first kappa shape index (κ1) is 12.5. The van der Waals surface area contributed by atoms with Gasteiger partial charge >= 0.3 is 0 Å². The summed E-state index contributed by atoms with van der Waals surface area (Å²) < 4.78 is 2.13. The summed E-state index contributed by atoms with van der Waals surface area (Å²) in [7, 11) is 0. The van der Waals surface area contributed by atoms with Crippen LogP contribution in [0.5, 0.6) is 0 Å². The Balaban J connectivity index is 1.67. The van der Waals surface area contributed by atoms with Crippen molar-refractivity contribution < 1.29 is 0 Å². The van der Waals surface area contributed by atoms with Gasteiger partial charge in [0.25, 0.3) is 0 Å². The quantitative estimate of drug-likeness (QED) is 0.777. The van der Waals surface area contributed by atoms with E-state index in [1.54, 1.807) is 12.4 Å². The summed E-state index contributed by atoms with van der Waals surface area (Å²) in [6, 6.07) is 6.67. The first-order chi connectivity index (χ1) is 10.4. The molecule has 5 heteroatoms. The van der Waals surface area contributed by atoms with E-state index < -0.39 is 0 Å². The molecule has 0 saturated heterocycles. The topological polar surface area (TPSA) is 55.6 Å². The molecule has 0 radical (unpaired) electrons. The van der Waals surface area contributed by atoms with Crippen molar-refractivity contribution in [2.75, 3.05) is 0 Å². The Hall–Kier alpha value is -2.27. The van der Waals surface area contributed by atoms with E-state index in [-0.39, 0.29) is 0 Å². The molecular weight excluding hydrogens is 262 g/mol. The maximum atomic E-state index is 4.52. The van der Waals surface area contributed by atoms with Crippen molar-refractivity contribution in [2.24, 2.45) is 0 Å². The summed E-state index contributed by atoms with van der Waals surface area (Å²) >= 11 is 0. The van der Waals surface area contributed by atoms with Gasteiger partial charge in [-0.25, -0.2) is 15.0 Å². The highest BCUT2D eigenvalue weighted by Crippen LogP contribution is 2.23. The minimum Gasteiger partial charge on any atom is -0.325 e. The maximum Gasteiger partial charge on any atom is 0.147 e. The van der Waals surface area contributed by atoms with Crippen molar-refractivity contribution in [1.29, 1.82) is 0 Å². The van der Waals surface area contributed by atoms with Crippen LogP contribution in [0.4, 0.5) is 0 Å². The van der Waals surface area contributed by atoms with E-state index >= 15 is 0 Å². The molecule has 1 saturated carbocycles. The fraction of sp³-hybridized carbons (Fsp3) is 0.312. The second-order valence-corrected chi connectivity index (χ2v) is 5.48. The lowest BCUT2D eigenvalue weighted by molar-refractivity contribution is 0.685. The zero-order valence-electron chi connectivity index (χ0n) is 11.7. The Morgan fingerprint density at radius 2 is 1.90 bits per heavy atom. The molecular formula is C16H17N5. The molecule has 3 aromatic rings. The van der Waals surface area contributed by atoms with Gasteiger partial charge in [-0.15, -0.1) is 0 Å². The average molecular weight is 279 g/mol. The zero-order chi connectivity index (χ0) is 14.1. The van der Waals surface area contributed by atoms with Gasteiger partial charge < -0.3 is 9.88 Å². The monoisotopic (exact) mass is 279 g/mol. The van der Waals surface area contributed by atoms with Crippen LogP contribution in [0.3, 0.4) is 0 Å². The molecule has 3 aromatic heterocycles. The number of hydrogen-bond donors (Lipinski definition) is 1. The number of pyridine rings is 1. The molecule has 1 fully saturated rings. The first-order valence-corrected chi connectivity index (χ1v) is 7.32. The van der Waals surface area contributed by atoms with Crippen molar-refractivity contribution in [3.63, 3.8) is 0 Å². The van der Waals surface area contributed by atoms with E-state index in [9.17, 15) is 0 Å². The smallest absolute Gasteiger partial charge is 0.147 e. The largest absolute Gasteiger partial charge is 0.325 e. The summed E-state index contributed by atoms with van der Waals surface area (Å²) in [5.74, 6) is 0.807. The second kappa shape index (κ2) is 5.26. The van der Waals surface area contributed by atoms with E-state index in [4.69, 9.17) is 0 Å². The zero-order valence-corrected chi connectivity index (χ0v) is 11.7. The number of nitrogens with one attached hydrogen (secondary N) is 1. The molecule has 5 nitrogen and oxygen atoms in total. The molecule has 1 aliphatic rings. The Kier molecular flexibility index (Phi) is 3.12. The van der Waals surface area contributed by atoms with Crippen molar-refractivity contribution in [3.8, 4) is 0 Å². The molecule has 21 heavy (non-hydrogen) atoms. The van der Waals surface area contributed by atoms with Gasteiger partial charge in [-0.2, -0.15) is 0 Å². The van der Waals surface area contributed by atoms with Gasteiger partial charge in [-0.1, -0.05) is 0 Å². The number of nitrogens with zero attached hydrogens (tertiary/aromatic N) is 4. The molecule has 0 aromatic carbocycles. The van der Waals surface area contributed by atoms with Crippen molar-refractivity contribution >= 4 is 11.0 Å². The summed E-state index contributed by atoms with van der Waals surface area (Å²) in [4.78, 5) is 13.1. The van der Waals surface area contributed by atoms with Gasteiger partial charge in [0.2, 0.25) is 0 Å². The normalized spacial score (nSPS) is 14.7. The standard InChI is InChI=1S/C16H17N5/c1-3-14-12(9-20-13-4-5-13)10-21(16(14)19-6-1)11-15-17-7-2-8-18-15/h1-3,6-8,10,13,20H,4-5,9,11H2. The minimum atomic E-state index is 0.651. The Labute approximate surface area is 123 Å². The van der Waals surface area contributed by atoms with Gasteiger partial charge in [0.05, 0.1) is 6.54 Å². The highest BCUT2D eigenvalue weighted by molar-refractivity contribution is 5.80. The molecule has 0 bridgehead atoms. The van der Waals surface area contributed by atoms with Gasteiger partial charge in [-0.05, 0) is 36.6 Å². The molecule has 4 rings (SSSR count). The lowest BCUT2D eigenvalue weighted by Gasteiger charge is -2.02. The summed E-state index contributed by atoms with van der Waals surface area (Å²) in [5, 5.41) is 4.78. The van der Waals surface area contributed by atoms with E-state index in [0.29, 0.717) is 12.6 Å². The Bertz CT molecular complexity index is 746. The molecule has 1 N–H and O–H groups in total. The van der Waals surface area contributed by atoms with Crippen molar-refractivity contribution in [3.05, 3.63) is 54.4 Å². The number of fused-ring (bicyclic) bond motifs is 1. The van der Waals surface area contributed by atoms with Crippen LogP contribution in [0.15, 0.2) is 43.0 Å². The third-order valence-electron chi connectivity index (χ3n) is 3.81.